The van der Waals surface area contributed by atoms with Crippen LogP contribution >= 0.6 is 0 Å². The Morgan fingerprint density at radius 2 is 1.86 bits per heavy atom. The van der Waals surface area contributed by atoms with Gasteiger partial charge in [0.05, 0.1) is 14.2 Å². The molecule has 0 radical (unpaired) electrons. The fraction of sp³-hybridized carbons (Fsp3) is 0.188. The number of hydrogen-bond acceptors (Lipinski definition) is 4. The molecule has 0 aromatic heterocycles. The number of ether oxygens (including phenoxy) is 3. The zero-order valence-electron chi connectivity index (χ0n) is 12.1. The van der Waals surface area contributed by atoms with Gasteiger partial charge in [-0.2, -0.15) is 0 Å². The smallest absolute Gasteiger partial charge is 0.341 e. The van der Waals surface area contributed by atoms with Gasteiger partial charge >= 0.3 is 5.97 Å². The SMILES string of the molecule is COC(=O)c1ccc(OC)cc1OCc1cc(F)ccc1F. The van der Waals surface area contributed by atoms with Crippen LogP contribution in [0.3, 0.4) is 0 Å². The lowest BCUT2D eigenvalue weighted by Gasteiger charge is -2.12. The molecule has 0 heterocycles. The van der Waals surface area contributed by atoms with Gasteiger partial charge < -0.3 is 14.2 Å². The van der Waals surface area contributed by atoms with E-state index < -0.39 is 17.6 Å². The average molecular weight is 308 g/mol. The van der Waals surface area contributed by atoms with Crippen molar-refractivity contribution < 1.29 is 27.8 Å². The third kappa shape index (κ3) is 3.52. The minimum absolute atomic E-state index is 0.0404. The normalized spacial score (nSPS) is 10.2. The van der Waals surface area contributed by atoms with E-state index in [-0.39, 0.29) is 23.5 Å². The van der Waals surface area contributed by atoms with Gasteiger partial charge in [0.2, 0.25) is 0 Å². The highest BCUT2D eigenvalue weighted by atomic mass is 19.1. The van der Waals surface area contributed by atoms with Crippen LogP contribution in [0.15, 0.2) is 36.4 Å². The number of carbonyl (C=O) groups is 1. The zero-order valence-corrected chi connectivity index (χ0v) is 12.1. The van der Waals surface area contributed by atoms with E-state index in [1.807, 2.05) is 0 Å². The fourth-order valence-corrected chi connectivity index (χ4v) is 1.84. The van der Waals surface area contributed by atoms with E-state index >= 15 is 0 Å². The molecular formula is C16H14F2O4. The molecule has 0 amide bonds. The monoisotopic (exact) mass is 308 g/mol. The summed E-state index contributed by atoms with van der Waals surface area (Å²) in [7, 11) is 2.70. The summed E-state index contributed by atoms with van der Waals surface area (Å²) in [4.78, 5) is 11.7. The van der Waals surface area contributed by atoms with Gasteiger partial charge in [0.15, 0.2) is 0 Å². The number of methoxy groups -OCH3 is 2. The van der Waals surface area contributed by atoms with Crippen LogP contribution in [-0.4, -0.2) is 20.2 Å². The molecule has 0 aliphatic carbocycles. The molecule has 0 bridgehead atoms. The lowest BCUT2D eigenvalue weighted by Crippen LogP contribution is -2.07. The zero-order chi connectivity index (χ0) is 16.1. The topological polar surface area (TPSA) is 44.8 Å². The molecule has 0 spiro atoms. The molecule has 0 N–H and O–H groups in total. The second kappa shape index (κ2) is 6.89. The maximum absolute atomic E-state index is 13.6. The van der Waals surface area contributed by atoms with Crippen molar-refractivity contribution in [1.82, 2.24) is 0 Å². The van der Waals surface area contributed by atoms with E-state index in [0.717, 1.165) is 18.2 Å². The van der Waals surface area contributed by atoms with E-state index in [2.05, 4.69) is 4.74 Å². The number of benzene rings is 2. The Labute approximate surface area is 126 Å². The maximum atomic E-state index is 13.6. The summed E-state index contributed by atoms with van der Waals surface area (Å²) in [6.07, 6.45) is 0. The first-order chi connectivity index (χ1) is 10.5. The Morgan fingerprint density at radius 3 is 2.55 bits per heavy atom. The highest BCUT2D eigenvalue weighted by Gasteiger charge is 2.15. The lowest BCUT2D eigenvalue weighted by atomic mass is 10.2. The Kier molecular flexibility index (Phi) is 4.93. The molecule has 2 rings (SSSR count). The Morgan fingerprint density at radius 1 is 1.09 bits per heavy atom. The molecule has 0 aliphatic heterocycles. The molecule has 22 heavy (non-hydrogen) atoms. The number of esters is 1. The van der Waals surface area contributed by atoms with Gasteiger partial charge in [0, 0.05) is 11.6 Å². The summed E-state index contributed by atoms with van der Waals surface area (Å²) in [5, 5.41) is 0. The lowest BCUT2D eigenvalue weighted by molar-refractivity contribution is 0.0595. The number of carbonyl (C=O) groups excluding carboxylic acids is 1. The molecule has 2 aromatic rings. The van der Waals surface area contributed by atoms with Crippen molar-refractivity contribution in [3.05, 3.63) is 59.2 Å². The van der Waals surface area contributed by atoms with Crippen molar-refractivity contribution in [1.29, 1.82) is 0 Å². The minimum Gasteiger partial charge on any atom is -0.497 e. The molecule has 0 fully saturated rings. The average Bonchev–Trinajstić information content (AvgIpc) is 2.54. The molecule has 2 aromatic carbocycles. The summed E-state index contributed by atoms with van der Waals surface area (Å²) < 4.78 is 41.9. The summed E-state index contributed by atoms with van der Waals surface area (Å²) >= 11 is 0. The standard InChI is InChI=1S/C16H14F2O4/c1-20-12-4-5-13(16(19)21-2)15(8-12)22-9-10-7-11(17)3-6-14(10)18/h3-8H,9H2,1-2H3. The third-order valence-electron chi connectivity index (χ3n) is 2.99. The predicted octanol–water partition coefficient (Wildman–Crippen LogP) is 3.34. The molecule has 0 atom stereocenters. The van der Waals surface area contributed by atoms with Crippen LogP contribution in [0.25, 0.3) is 0 Å². The van der Waals surface area contributed by atoms with Crippen molar-refractivity contribution in [2.45, 2.75) is 6.61 Å². The van der Waals surface area contributed by atoms with Gasteiger partial charge in [0.1, 0.15) is 35.3 Å². The van der Waals surface area contributed by atoms with E-state index in [4.69, 9.17) is 9.47 Å². The van der Waals surface area contributed by atoms with Crippen molar-refractivity contribution in [3.63, 3.8) is 0 Å². The summed E-state index contributed by atoms with van der Waals surface area (Å²) in [5.74, 6) is -1.14. The summed E-state index contributed by atoms with van der Waals surface area (Å²) in [6, 6.07) is 7.59. The summed E-state index contributed by atoms with van der Waals surface area (Å²) in [5.41, 5.74) is 0.207. The molecule has 0 saturated heterocycles. The molecule has 0 unspecified atom stereocenters. The van der Waals surface area contributed by atoms with Crippen LogP contribution in [0.5, 0.6) is 11.5 Å². The molecular weight excluding hydrogens is 294 g/mol. The highest BCUT2D eigenvalue weighted by molar-refractivity contribution is 5.92. The first-order valence-electron chi connectivity index (χ1n) is 6.38. The van der Waals surface area contributed by atoms with Crippen LogP contribution in [0, 0.1) is 11.6 Å². The summed E-state index contributed by atoms with van der Waals surface area (Å²) in [6.45, 7) is -0.235. The quantitative estimate of drug-likeness (QED) is 0.795. The van der Waals surface area contributed by atoms with Gasteiger partial charge in [0.25, 0.3) is 0 Å². The van der Waals surface area contributed by atoms with Crippen molar-refractivity contribution in [3.8, 4) is 11.5 Å². The largest absolute Gasteiger partial charge is 0.497 e. The molecule has 6 heteroatoms. The van der Waals surface area contributed by atoms with Crippen LogP contribution in [0.2, 0.25) is 0 Å². The van der Waals surface area contributed by atoms with E-state index in [1.54, 1.807) is 6.07 Å². The van der Waals surface area contributed by atoms with Crippen molar-refractivity contribution >= 4 is 5.97 Å². The second-order valence-electron chi connectivity index (χ2n) is 4.38. The van der Waals surface area contributed by atoms with E-state index in [0.29, 0.717) is 5.75 Å². The van der Waals surface area contributed by atoms with Crippen molar-refractivity contribution in [2.75, 3.05) is 14.2 Å². The molecule has 116 valence electrons. The number of halogens is 2. The minimum atomic E-state index is -0.600. The van der Waals surface area contributed by atoms with Crippen molar-refractivity contribution in [2.24, 2.45) is 0 Å². The van der Waals surface area contributed by atoms with Crippen LogP contribution < -0.4 is 9.47 Å². The van der Waals surface area contributed by atoms with Gasteiger partial charge in [-0.1, -0.05) is 0 Å². The van der Waals surface area contributed by atoms with Gasteiger partial charge in [-0.05, 0) is 30.3 Å². The second-order valence-corrected chi connectivity index (χ2v) is 4.38. The maximum Gasteiger partial charge on any atom is 0.341 e. The Hall–Kier alpha value is -2.63. The number of rotatable bonds is 5. The van der Waals surface area contributed by atoms with Gasteiger partial charge in [-0.15, -0.1) is 0 Å². The molecule has 4 nitrogen and oxygen atoms in total. The van der Waals surface area contributed by atoms with Crippen LogP contribution in [-0.2, 0) is 11.3 Å². The Balaban J connectivity index is 2.27. The third-order valence-corrected chi connectivity index (χ3v) is 2.99. The van der Waals surface area contributed by atoms with Crippen LogP contribution in [0.1, 0.15) is 15.9 Å². The Bertz CT molecular complexity index is 686. The first kappa shape index (κ1) is 15.8. The van der Waals surface area contributed by atoms with Gasteiger partial charge in [-0.25, -0.2) is 13.6 Å². The van der Waals surface area contributed by atoms with Gasteiger partial charge in [-0.3, -0.25) is 0 Å². The predicted molar refractivity (Wildman–Crippen MR) is 75.0 cm³/mol. The van der Waals surface area contributed by atoms with E-state index in [1.165, 1.54) is 26.4 Å². The molecule has 0 saturated carbocycles. The van der Waals surface area contributed by atoms with E-state index in [9.17, 15) is 13.6 Å². The van der Waals surface area contributed by atoms with Crippen LogP contribution in [0.4, 0.5) is 8.78 Å². The first-order valence-corrected chi connectivity index (χ1v) is 6.38. The number of hydrogen-bond donors (Lipinski definition) is 0. The fourth-order valence-electron chi connectivity index (χ4n) is 1.84. The molecule has 0 aliphatic rings. The highest BCUT2D eigenvalue weighted by Crippen LogP contribution is 2.26.